The second-order valence-electron chi connectivity index (χ2n) is 11.8. The van der Waals surface area contributed by atoms with Crippen molar-refractivity contribution in [3.05, 3.63) is 86.0 Å². The first-order chi connectivity index (χ1) is 22.7. The molecule has 5 heterocycles. The number of fused-ring (bicyclic) bond motifs is 1. The maximum atomic E-state index is 12.7. The molecule has 0 saturated carbocycles. The van der Waals surface area contributed by atoms with Gasteiger partial charge in [-0.25, -0.2) is 9.78 Å². The SMILES string of the molecule is COC(=O)c1cc(Cl)c(C)nc1Nc1c(C)ccnc1C(C)C.COc1nc2c(cc1Cl)C(=O)CC(=O)N2c1c(C)ccnc1C(C)C. The Hall–Kier alpha value is -4.61. The number of esters is 1. The van der Waals surface area contributed by atoms with E-state index >= 15 is 0 Å². The number of carbonyl (C=O) groups is 3. The van der Waals surface area contributed by atoms with Gasteiger partial charge in [0.25, 0.3) is 0 Å². The minimum atomic E-state index is -0.491. The van der Waals surface area contributed by atoms with Crippen LogP contribution in [0.15, 0.2) is 36.7 Å². The highest BCUT2D eigenvalue weighted by atomic mass is 35.5. The molecule has 0 saturated heterocycles. The van der Waals surface area contributed by atoms with Crippen molar-refractivity contribution >= 4 is 63.9 Å². The summed E-state index contributed by atoms with van der Waals surface area (Å²) in [6.07, 6.45) is 3.26. The third-order valence-electron chi connectivity index (χ3n) is 7.65. The van der Waals surface area contributed by atoms with E-state index in [9.17, 15) is 14.4 Å². The van der Waals surface area contributed by atoms with Gasteiger partial charge in [0.05, 0.1) is 59.7 Å². The van der Waals surface area contributed by atoms with Crippen LogP contribution in [-0.2, 0) is 9.53 Å². The van der Waals surface area contributed by atoms with Gasteiger partial charge in [0.2, 0.25) is 11.8 Å². The molecule has 0 spiro atoms. The van der Waals surface area contributed by atoms with Crippen LogP contribution in [0.5, 0.6) is 5.88 Å². The van der Waals surface area contributed by atoms with E-state index < -0.39 is 5.97 Å². The van der Waals surface area contributed by atoms with Crippen LogP contribution >= 0.6 is 23.2 Å². The van der Waals surface area contributed by atoms with Crippen LogP contribution in [0.3, 0.4) is 0 Å². The molecule has 0 fully saturated rings. The van der Waals surface area contributed by atoms with Gasteiger partial charge in [0.15, 0.2) is 11.6 Å². The molecular formula is C35H38Cl2N6O5. The van der Waals surface area contributed by atoms with Gasteiger partial charge < -0.3 is 14.8 Å². The average molecular weight is 694 g/mol. The number of anilines is 4. The van der Waals surface area contributed by atoms with Gasteiger partial charge in [-0.15, -0.1) is 0 Å². The highest BCUT2D eigenvalue weighted by Crippen LogP contribution is 2.41. The normalized spacial score (nSPS) is 12.5. The summed E-state index contributed by atoms with van der Waals surface area (Å²) in [6, 6.07) is 6.82. The fourth-order valence-corrected chi connectivity index (χ4v) is 5.55. The number of aromatic nitrogens is 4. The van der Waals surface area contributed by atoms with Gasteiger partial charge >= 0.3 is 5.97 Å². The number of ether oxygens (including phenoxy) is 2. The van der Waals surface area contributed by atoms with E-state index in [-0.39, 0.29) is 46.7 Å². The van der Waals surface area contributed by atoms with Crippen molar-refractivity contribution in [1.82, 2.24) is 19.9 Å². The summed E-state index contributed by atoms with van der Waals surface area (Å²) < 4.78 is 9.99. The van der Waals surface area contributed by atoms with Crippen molar-refractivity contribution in [2.75, 3.05) is 24.4 Å². The molecule has 0 unspecified atom stereocenters. The number of hydrogen-bond acceptors (Lipinski definition) is 10. The van der Waals surface area contributed by atoms with Crippen molar-refractivity contribution in [2.24, 2.45) is 0 Å². The number of methoxy groups -OCH3 is 2. The Bertz CT molecular complexity index is 1900. The Labute approximate surface area is 290 Å². The maximum Gasteiger partial charge on any atom is 0.341 e. The fraction of sp³-hybridized carbons (Fsp3) is 0.343. The summed E-state index contributed by atoms with van der Waals surface area (Å²) >= 11 is 12.2. The van der Waals surface area contributed by atoms with Crippen molar-refractivity contribution in [2.45, 2.75) is 66.7 Å². The van der Waals surface area contributed by atoms with E-state index in [1.54, 1.807) is 25.4 Å². The number of ketones is 1. The number of rotatable bonds is 7. The smallest absolute Gasteiger partial charge is 0.341 e. The Kier molecular flexibility index (Phi) is 11.4. The lowest BCUT2D eigenvalue weighted by Gasteiger charge is -2.31. The third-order valence-corrected chi connectivity index (χ3v) is 8.30. The molecule has 4 aromatic rings. The number of amides is 1. The Morgan fingerprint density at radius 3 is 2.12 bits per heavy atom. The summed E-state index contributed by atoms with van der Waals surface area (Å²) in [5, 5.41) is 3.89. The minimum absolute atomic E-state index is 0.0953. The molecule has 0 radical (unpaired) electrons. The number of carbonyl (C=O) groups excluding carboxylic acids is 3. The van der Waals surface area contributed by atoms with E-state index in [0.717, 1.165) is 28.2 Å². The van der Waals surface area contributed by atoms with Crippen LogP contribution in [-0.4, -0.2) is 51.8 Å². The average Bonchev–Trinajstić information content (AvgIpc) is 3.04. The van der Waals surface area contributed by atoms with Gasteiger partial charge in [-0.05, 0) is 68.0 Å². The van der Waals surface area contributed by atoms with Crippen molar-refractivity contribution in [3.63, 3.8) is 0 Å². The van der Waals surface area contributed by atoms with Crippen LogP contribution in [0.2, 0.25) is 10.0 Å². The van der Waals surface area contributed by atoms with E-state index in [4.69, 9.17) is 32.7 Å². The number of aryl methyl sites for hydroxylation is 3. The second-order valence-corrected chi connectivity index (χ2v) is 12.6. The monoisotopic (exact) mass is 692 g/mol. The first-order valence-corrected chi connectivity index (χ1v) is 16.0. The van der Waals surface area contributed by atoms with Gasteiger partial charge in [-0.2, -0.15) is 4.98 Å². The highest BCUT2D eigenvalue weighted by molar-refractivity contribution is 6.33. The molecule has 13 heteroatoms. The minimum Gasteiger partial charge on any atom is -0.480 e. The predicted octanol–water partition coefficient (Wildman–Crippen LogP) is 8.22. The topological polar surface area (TPSA) is 136 Å². The first kappa shape index (κ1) is 36.2. The molecule has 0 aliphatic carbocycles. The molecule has 0 aromatic carbocycles. The number of nitrogens with zero attached hydrogens (tertiary/aromatic N) is 5. The molecule has 48 heavy (non-hydrogen) atoms. The lowest BCUT2D eigenvalue weighted by atomic mass is 9.98. The fourth-order valence-electron chi connectivity index (χ4n) is 5.17. The molecule has 1 amide bonds. The Balaban J connectivity index is 0.000000218. The van der Waals surface area contributed by atoms with Gasteiger partial charge in [0, 0.05) is 12.4 Å². The lowest BCUT2D eigenvalue weighted by molar-refractivity contribution is -0.117. The standard InChI is InChI=1S/C18H18ClN3O3.C17H20ClN3O2/c1-9(2)15-16(10(3)5-6-20-15)22-14(24)8-13(23)11-7-12(19)18(25-4)21-17(11)22;1-9(2)14-15(10(3)6-7-19-14)21-16-12(17(22)23-5)8-13(18)11(4)20-16/h5-7,9H,8H2,1-4H3;6-9H,1-5H3,(H,20,21). The van der Waals surface area contributed by atoms with E-state index in [2.05, 4.69) is 39.1 Å². The first-order valence-electron chi connectivity index (χ1n) is 15.2. The quantitative estimate of drug-likeness (QED) is 0.149. The van der Waals surface area contributed by atoms with Crippen molar-refractivity contribution in [3.8, 4) is 5.88 Å². The summed E-state index contributed by atoms with van der Waals surface area (Å²) in [4.78, 5) is 56.2. The summed E-state index contributed by atoms with van der Waals surface area (Å²) in [5.74, 6) is 0.00557. The molecule has 4 aromatic heterocycles. The van der Waals surface area contributed by atoms with Crippen molar-refractivity contribution in [1.29, 1.82) is 0 Å². The van der Waals surface area contributed by atoms with Gasteiger partial charge in [-0.3, -0.25) is 24.5 Å². The van der Waals surface area contributed by atoms with Crippen LogP contribution in [0.25, 0.3) is 0 Å². The largest absolute Gasteiger partial charge is 0.480 e. The molecular weight excluding hydrogens is 655 g/mol. The number of halogens is 2. The summed E-state index contributed by atoms with van der Waals surface area (Å²) in [6.45, 7) is 13.8. The molecule has 252 valence electrons. The van der Waals surface area contributed by atoms with Gasteiger partial charge in [-0.1, -0.05) is 50.9 Å². The van der Waals surface area contributed by atoms with E-state index in [1.807, 2.05) is 39.8 Å². The molecule has 0 bridgehead atoms. The Morgan fingerprint density at radius 2 is 1.52 bits per heavy atom. The number of pyridine rings is 4. The molecule has 0 atom stereocenters. The van der Waals surface area contributed by atoms with Crippen LogP contribution in [0.4, 0.5) is 23.0 Å². The highest BCUT2D eigenvalue weighted by Gasteiger charge is 2.36. The zero-order valence-corrected chi connectivity index (χ0v) is 29.9. The molecule has 11 nitrogen and oxygen atoms in total. The van der Waals surface area contributed by atoms with Crippen LogP contribution < -0.4 is 15.0 Å². The second kappa shape index (κ2) is 15.1. The van der Waals surface area contributed by atoms with Gasteiger partial charge in [0.1, 0.15) is 16.4 Å². The number of hydrogen-bond donors (Lipinski definition) is 1. The molecule has 1 N–H and O–H groups in total. The predicted molar refractivity (Wildman–Crippen MR) is 187 cm³/mol. The van der Waals surface area contributed by atoms with E-state index in [0.29, 0.717) is 33.3 Å². The zero-order valence-electron chi connectivity index (χ0n) is 28.4. The zero-order chi connectivity index (χ0) is 35.4. The number of nitrogens with one attached hydrogen (secondary N) is 1. The summed E-state index contributed by atoms with van der Waals surface area (Å²) in [5.41, 5.74) is 6.32. The third kappa shape index (κ3) is 7.42. The lowest BCUT2D eigenvalue weighted by Crippen LogP contribution is -2.36. The van der Waals surface area contributed by atoms with Crippen LogP contribution in [0.1, 0.15) is 94.9 Å². The Morgan fingerprint density at radius 1 is 0.896 bits per heavy atom. The van der Waals surface area contributed by atoms with Crippen molar-refractivity contribution < 1.29 is 23.9 Å². The molecule has 1 aliphatic rings. The maximum absolute atomic E-state index is 12.7. The molecule has 1 aliphatic heterocycles. The summed E-state index contributed by atoms with van der Waals surface area (Å²) in [7, 11) is 2.76. The molecule has 5 rings (SSSR count). The van der Waals surface area contributed by atoms with E-state index in [1.165, 1.54) is 25.2 Å². The van der Waals surface area contributed by atoms with Crippen LogP contribution in [0, 0.1) is 20.8 Å². The number of Topliss-reactive ketones (excluding diaryl/α,β-unsaturated/α-hetero) is 1.